The standard InChI is InChI=1S/C21H18F3NO3/c1-12(28-2)14-10-25(11-14)19(26)13-7-8-16-15-5-3-4-6-17(15)20(27,18(16)9-13)21(22,23)24/h3-9,14,27H,1,10-11H2,2H3. The van der Waals surface area contributed by atoms with Crippen LogP contribution in [0.5, 0.6) is 0 Å². The summed E-state index contributed by atoms with van der Waals surface area (Å²) in [7, 11) is 1.50. The Bertz CT molecular complexity index is 979. The van der Waals surface area contributed by atoms with Crippen LogP contribution in [-0.2, 0) is 10.3 Å². The fourth-order valence-corrected chi connectivity index (χ4v) is 3.89. The molecule has 0 saturated carbocycles. The first-order chi connectivity index (χ1) is 13.2. The third kappa shape index (κ3) is 2.46. The number of benzene rings is 2. The van der Waals surface area contributed by atoms with Gasteiger partial charge in [0.15, 0.2) is 0 Å². The van der Waals surface area contributed by atoms with E-state index in [1.807, 2.05) is 0 Å². The van der Waals surface area contributed by atoms with Crippen molar-refractivity contribution in [3.8, 4) is 11.1 Å². The van der Waals surface area contributed by atoms with Crippen LogP contribution in [0.25, 0.3) is 11.1 Å². The van der Waals surface area contributed by atoms with Crippen molar-refractivity contribution in [3.63, 3.8) is 0 Å². The Labute approximate surface area is 159 Å². The molecule has 1 unspecified atom stereocenters. The molecule has 1 amide bonds. The summed E-state index contributed by atoms with van der Waals surface area (Å²) in [5.41, 5.74) is -2.97. The van der Waals surface area contributed by atoms with E-state index in [1.165, 1.54) is 42.3 Å². The first kappa shape index (κ1) is 18.6. The highest BCUT2D eigenvalue weighted by Crippen LogP contribution is 2.55. The Hall–Kier alpha value is -2.80. The molecule has 2 aromatic carbocycles. The van der Waals surface area contributed by atoms with Gasteiger partial charge in [-0.25, -0.2) is 0 Å². The molecule has 0 radical (unpaired) electrons. The first-order valence-electron chi connectivity index (χ1n) is 8.74. The van der Waals surface area contributed by atoms with Gasteiger partial charge in [-0.15, -0.1) is 0 Å². The SMILES string of the molecule is C=C(OC)C1CN(C(=O)c2ccc3c(c2)C(O)(C(F)(F)F)c2ccccc2-3)C1. The molecule has 2 aromatic rings. The van der Waals surface area contributed by atoms with E-state index < -0.39 is 11.8 Å². The van der Waals surface area contributed by atoms with Crippen LogP contribution >= 0.6 is 0 Å². The van der Waals surface area contributed by atoms with E-state index in [4.69, 9.17) is 4.74 Å². The third-order valence-electron chi connectivity index (χ3n) is 5.56. The number of ether oxygens (including phenoxy) is 1. The molecule has 1 heterocycles. The van der Waals surface area contributed by atoms with Crippen LogP contribution in [0.1, 0.15) is 21.5 Å². The number of likely N-dealkylation sites (tertiary alicyclic amines) is 1. The number of amides is 1. The molecule has 1 N–H and O–H groups in total. The Kier molecular flexibility index (Phi) is 4.04. The lowest BCUT2D eigenvalue weighted by atomic mass is 9.89. The number of carbonyl (C=O) groups excluding carboxylic acids is 1. The summed E-state index contributed by atoms with van der Waals surface area (Å²) in [6.45, 7) is 4.55. The van der Waals surface area contributed by atoms with Crippen LogP contribution in [0.15, 0.2) is 54.8 Å². The van der Waals surface area contributed by atoms with Gasteiger partial charge < -0.3 is 14.7 Å². The van der Waals surface area contributed by atoms with Gasteiger partial charge in [0.1, 0.15) is 0 Å². The lowest BCUT2D eigenvalue weighted by molar-refractivity contribution is -0.246. The van der Waals surface area contributed by atoms with Crippen molar-refractivity contribution in [2.24, 2.45) is 5.92 Å². The van der Waals surface area contributed by atoms with Gasteiger partial charge in [-0.2, -0.15) is 13.2 Å². The molecule has 0 spiro atoms. The molecule has 1 atom stereocenters. The molecule has 1 fully saturated rings. The number of halogens is 3. The van der Waals surface area contributed by atoms with Gasteiger partial charge in [-0.1, -0.05) is 36.9 Å². The van der Waals surface area contributed by atoms with Gasteiger partial charge in [0.2, 0.25) is 5.60 Å². The second kappa shape index (κ2) is 6.10. The summed E-state index contributed by atoms with van der Waals surface area (Å²) in [6, 6.07) is 10.00. The molecule has 146 valence electrons. The van der Waals surface area contributed by atoms with Gasteiger partial charge >= 0.3 is 6.18 Å². The highest BCUT2D eigenvalue weighted by molar-refractivity contribution is 5.96. The van der Waals surface area contributed by atoms with Crippen molar-refractivity contribution in [1.82, 2.24) is 4.90 Å². The molecule has 1 aliphatic heterocycles. The first-order valence-corrected chi connectivity index (χ1v) is 8.74. The Balaban J connectivity index is 1.71. The molecule has 4 nitrogen and oxygen atoms in total. The molecule has 7 heteroatoms. The van der Waals surface area contributed by atoms with Crippen LogP contribution in [0.3, 0.4) is 0 Å². The van der Waals surface area contributed by atoms with Crippen LogP contribution in [0, 0.1) is 5.92 Å². The maximum atomic E-state index is 13.9. The number of hydrogen-bond donors (Lipinski definition) is 1. The Morgan fingerprint density at radius 3 is 2.46 bits per heavy atom. The minimum Gasteiger partial charge on any atom is -0.501 e. The van der Waals surface area contributed by atoms with Gasteiger partial charge in [0.25, 0.3) is 5.91 Å². The van der Waals surface area contributed by atoms with E-state index in [-0.39, 0.29) is 34.1 Å². The quantitative estimate of drug-likeness (QED) is 0.815. The number of carbonyl (C=O) groups is 1. The average Bonchev–Trinajstić information content (AvgIpc) is 2.90. The van der Waals surface area contributed by atoms with Crippen molar-refractivity contribution in [2.45, 2.75) is 11.8 Å². The van der Waals surface area contributed by atoms with Crippen molar-refractivity contribution in [2.75, 3.05) is 20.2 Å². The zero-order chi connectivity index (χ0) is 20.3. The summed E-state index contributed by atoms with van der Waals surface area (Å²) in [4.78, 5) is 14.2. The van der Waals surface area contributed by atoms with Gasteiger partial charge in [0.05, 0.1) is 18.8 Å². The highest BCUT2D eigenvalue weighted by Gasteiger charge is 2.60. The van der Waals surface area contributed by atoms with E-state index >= 15 is 0 Å². The maximum Gasteiger partial charge on any atom is 0.425 e. The zero-order valence-corrected chi connectivity index (χ0v) is 15.1. The van der Waals surface area contributed by atoms with E-state index in [9.17, 15) is 23.1 Å². The van der Waals surface area contributed by atoms with Gasteiger partial charge in [-0.3, -0.25) is 4.79 Å². The van der Waals surface area contributed by atoms with Gasteiger partial charge in [0, 0.05) is 29.8 Å². The van der Waals surface area contributed by atoms with Crippen molar-refractivity contribution in [3.05, 3.63) is 71.5 Å². The molecule has 1 saturated heterocycles. The molecule has 4 rings (SSSR count). The number of rotatable bonds is 3. The monoisotopic (exact) mass is 389 g/mol. The summed E-state index contributed by atoms with van der Waals surface area (Å²) < 4.78 is 46.7. The topological polar surface area (TPSA) is 49.8 Å². The predicted molar refractivity (Wildman–Crippen MR) is 96.5 cm³/mol. The molecule has 1 aliphatic carbocycles. The number of fused-ring (bicyclic) bond motifs is 3. The fourth-order valence-electron chi connectivity index (χ4n) is 3.89. The second-order valence-electron chi connectivity index (χ2n) is 7.09. The Morgan fingerprint density at radius 2 is 1.82 bits per heavy atom. The highest BCUT2D eigenvalue weighted by atomic mass is 19.4. The van der Waals surface area contributed by atoms with Crippen molar-refractivity contribution >= 4 is 5.91 Å². The number of alkyl halides is 3. The molecule has 0 bridgehead atoms. The summed E-state index contributed by atoms with van der Waals surface area (Å²) in [6.07, 6.45) is -4.92. The molecule has 28 heavy (non-hydrogen) atoms. The van der Waals surface area contributed by atoms with Crippen LogP contribution in [0.2, 0.25) is 0 Å². The Morgan fingerprint density at radius 1 is 1.18 bits per heavy atom. The molecular formula is C21H18F3NO3. The lowest BCUT2D eigenvalue weighted by Gasteiger charge is -2.39. The summed E-state index contributed by atoms with van der Waals surface area (Å²) >= 11 is 0. The smallest absolute Gasteiger partial charge is 0.425 e. The second-order valence-corrected chi connectivity index (χ2v) is 7.09. The summed E-state index contributed by atoms with van der Waals surface area (Å²) in [5, 5.41) is 10.7. The van der Waals surface area contributed by atoms with E-state index in [2.05, 4.69) is 6.58 Å². The fraction of sp³-hybridized carbons (Fsp3) is 0.286. The normalized spacial score (nSPS) is 21.0. The molecule has 2 aliphatic rings. The maximum absolute atomic E-state index is 13.9. The van der Waals surface area contributed by atoms with Crippen LogP contribution < -0.4 is 0 Å². The van der Waals surface area contributed by atoms with E-state index in [1.54, 1.807) is 6.07 Å². The molecule has 0 aromatic heterocycles. The zero-order valence-electron chi connectivity index (χ0n) is 15.1. The van der Waals surface area contributed by atoms with Crippen molar-refractivity contribution < 1.29 is 27.8 Å². The average molecular weight is 389 g/mol. The van der Waals surface area contributed by atoms with Crippen LogP contribution in [0.4, 0.5) is 13.2 Å². The van der Waals surface area contributed by atoms with Gasteiger partial charge in [-0.05, 0) is 23.3 Å². The minimum atomic E-state index is -4.92. The largest absolute Gasteiger partial charge is 0.501 e. The number of methoxy groups -OCH3 is 1. The summed E-state index contributed by atoms with van der Waals surface area (Å²) in [5.74, 6) is 0.197. The lowest BCUT2D eigenvalue weighted by Crippen LogP contribution is -2.50. The number of nitrogens with zero attached hydrogens (tertiary/aromatic N) is 1. The molecular weight excluding hydrogens is 371 g/mol. The predicted octanol–water partition coefficient (Wildman–Crippen LogP) is 3.70. The third-order valence-corrected chi connectivity index (χ3v) is 5.56. The minimum absolute atomic E-state index is 0.0136. The van der Waals surface area contributed by atoms with E-state index in [0.29, 0.717) is 24.4 Å². The van der Waals surface area contributed by atoms with E-state index in [0.717, 1.165) is 6.07 Å². The van der Waals surface area contributed by atoms with Crippen molar-refractivity contribution in [1.29, 1.82) is 0 Å². The number of hydrogen-bond acceptors (Lipinski definition) is 3. The van der Waals surface area contributed by atoms with Crippen LogP contribution in [-0.4, -0.2) is 42.3 Å². The number of aliphatic hydroxyl groups is 1.